The van der Waals surface area contributed by atoms with Gasteiger partial charge in [-0.15, -0.1) is 0 Å². The molecule has 4 heteroatoms. The molecule has 2 aromatic rings. The molecule has 1 fully saturated rings. The molecule has 3 heterocycles. The highest BCUT2D eigenvalue weighted by Crippen LogP contribution is 2.46. The second-order valence-electron chi connectivity index (χ2n) is 7.47. The lowest BCUT2D eigenvalue weighted by molar-refractivity contribution is 0.470. The second-order valence-corrected chi connectivity index (χ2v) is 7.47. The molecule has 0 bridgehead atoms. The maximum absolute atomic E-state index is 9.12. The molecular weight excluding hydrogens is 308 g/mol. The summed E-state index contributed by atoms with van der Waals surface area (Å²) in [6, 6.07) is 14.6. The van der Waals surface area contributed by atoms with Gasteiger partial charge in [-0.3, -0.25) is 0 Å². The largest absolute Gasteiger partial charge is 0.371 e. The van der Waals surface area contributed by atoms with E-state index in [1.54, 1.807) is 0 Å². The monoisotopic (exact) mass is 330 g/mol. The molecular formula is C21H22N4. The topological polar surface area (TPSA) is 51.1 Å². The molecule has 3 aliphatic heterocycles. The zero-order valence-electron chi connectivity index (χ0n) is 14.3. The predicted molar refractivity (Wildman–Crippen MR) is 101 cm³/mol. The lowest BCUT2D eigenvalue weighted by atomic mass is 9.80. The molecule has 0 amide bonds. The van der Waals surface area contributed by atoms with Gasteiger partial charge in [0, 0.05) is 49.2 Å². The quantitative estimate of drug-likeness (QED) is 0.886. The van der Waals surface area contributed by atoms with Crippen molar-refractivity contribution in [3.05, 3.63) is 53.1 Å². The number of nitrogens with one attached hydrogen (secondary N) is 2. The Balaban J connectivity index is 1.56. The smallest absolute Gasteiger partial charge is 0.0992 e. The minimum atomic E-state index is 0.635. The number of nitrogens with zero attached hydrogens (tertiary/aromatic N) is 2. The van der Waals surface area contributed by atoms with E-state index in [9.17, 15) is 0 Å². The zero-order chi connectivity index (χ0) is 16.8. The van der Waals surface area contributed by atoms with Crippen LogP contribution in [0.5, 0.6) is 0 Å². The van der Waals surface area contributed by atoms with E-state index in [1.807, 2.05) is 24.3 Å². The van der Waals surface area contributed by atoms with Crippen LogP contribution < -0.4 is 15.5 Å². The summed E-state index contributed by atoms with van der Waals surface area (Å²) in [5, 5.41) is 16.2. The van der Waals surface area contributed by atoms with Crippen LogP contribution >= 0.6 is 0 Å². The number of anilines is 3. The highest BCUT2D eigenvalue weighted by Gasteiger charge is 2.38. The molecule has 2 aromatic carbocycles. The standard InChI is InChI=1S/C21H22N4/c22-10-14-3-1-5-17(7-14)24-18-8-15-4-2-6-25-13-16-11-23-12-20(16)19(9-18)21(15)25/h1,3,5,7-9,16,20,23-24H,2,4,6,11-13H2. The van der Waals surface area contributed by atoms with Crippen LogP contribution in [-0.2, 0) is 6.42 Å². The van der Waals surface area contributed by atoms with E-state index in [2.05, 4.69) is 33.7 Å². The van der Waals surface area contributed by atoms with Gasteiger partial charge >= 0.3 is 0 Å². The average molecular weight is 330 g/mol. The maximum Gasteiger partial charge on any atom is 0.0992 e. The molecule has 0 aromatic heterocycles. The molecule has 0 spiro atoms. The first-order chi connectivity index (χ1) is 12.3. The van der Waals surface area contributed by atoms with Crippen molar-refractivity contribution >= 4 is 17.1 Å². The molecule has 5 rings (SSSR count). The van der Waals surface area contributed by atoms with Crippen LogP contribution in [0.15, 0.2) is 36.4 Å². The summed E-state index contributed by atoms with van der Waals surface area (Å²) in [6.07, 6.45) is 2.40. The normalized spacial score (nSPS) is 23.6. The summed E-state index contributed by atoms with van der Waals surface area (Å²) in [7, 11) is 0. The van der Waals surface area contributed by atoms with Gasteiger partial charge in [-0.05, 0) is 60.2 Å². The predicted octanol–water partition coefficient (Wildman–Crippen LogP) is 3.37. The third kappa shape index (κ3) is 2.47. The van der Waals surface area contributed by atoms with Gasteiger partial charge in [0.1, 0.15) is 0 Å². The highest BCUT2D eigenvalue weighted by molar-refractivity contribution is 5.73. The summed E-state index contributed by atoms with van der Waals surface area (Å²) in [5.41, 5.74) is 7.32. The van der Waals surface area contributed by atoms with Crippen LogP contribution in [-0.4, -0.2) is 26.2 Å². The average Bonchev–Trinajstić information content (AvgIpc) is 3.11. The molecule has 3 aliphatic rings. The third-order valence-corrected chi connectivity index (χ3v) is 5.88. The second kappa shape index (κ2) is 5.79. The van der Waals surface area contributed by atoms with Gasteiger partial charge < -0.3 is 15.5 Å². The van der Waals surface area contributed by atoms with E-state index in [0.717, 1.165) is 36.8 Å². The van der Waals surface area contributed by atoms with Crippen molar-refractivity contribution in [2.45, 2.75) is 18.8 Å². The Bertz CT molecular complexity index is 867. The number of rotatable bonds is 2. The Morgan fingerprint density at radius 3 is 3.04 bits per heavy atom. The molecule has 126 valence electrons. The van der Waals surface area contributed by atoms with Gasteiger partial charge in [0.15, 0.2) is 0 Å². The summed E-state index contributed by atoms with van der Waals surface area (Å²) in [6.45, 7) is 4.63. The van der Waals surface area contributed by atoms with Gasteiger partial charge in [0.2, 0.25) is 0 Å². The first-order valence-corrected chi connectivity index (χ1v) is 9.21. The summed E-state index contributed by atoms with van der Waals surface area (Å²) >= 11 is 0. The van der Waals surface area contributed by atoms with E-state index < -0.39 is 0 Å². The lowest BCUT2D eigenvalue weighted by Crippen LogP contribution is -2.40. The minimum Gasteiger partial charge on any atom is -0.371 e. The number of nitriles is 1. The number of benzene rings is 2. The van der Waals surface area contributed by atoms with E-state index in [4.69, 9.17) is 5.26 Å². The Labute approximate surface area is 148 Å². The fraction of sp³-hybridized carbons (Fsp3) is 0.381. The fourth-order valence-corrected chi connectivity index (χ4v) is 4.81. The van der Waals surface area contributed by atoms with Gasteiger partial charge in [-0.2, -0.15) is 5.26 Å². The van der Waals surface area contributed by atoms with Crippen LogP contribution in [0.3, 0.4) is 0 Å². The van der Waals surface area contributed by atoms with Crippen molar-refractivity contribution in [3.8, 4) is 6.07 Å². The SMILES string of the molecule is N#Cc1cccc(Nc2cc3c4c(c2)C2CNCC2CN4CCC3)c1. The molecule has 0 radical (unpaired) electrons. The van der Waals surface area contributed by atoms with Crippen LogP contribution in [0.4, 0.5) is 17.1 Å². The number of fused-ring (bicyclic) bond motifs is 2. The first-order valence-electron chi connectivity index (χ1n) is 9.21. The molecule has 0 aliphatic carbocycles. The van der Waals surface area contributed by atoms with E-state index >= 15 is 0 Å². The van der Waals surface area contributed by atoms with Crippen LogP contribution in [0.1, 0.15) is 29.0 Å². The Hall–Kier alpha value is -2.51. The summed E-state index contributed by atoms with van der Waals surface area (Å²) in [5.74, 6) is 1.37. The molecule has 25 heavy (non-hydrogen) atoms. The van der Waals surface area contributed by atoms with Crippen molar-refractivity contribution in [2.24, 2.45) is 5.92 Å². The minimum absolute atomic E-state index is 0.635. The maximum atomic E-state index is 9.12. The molecule has 0 saturated carbocycles. The van der Waals surface area contributed by atoms with Crippen molar-refractivity contribution in [3.63, 3.8) is 0 Å². The van der Waals surface area contributed by atoms with E-state index in [1.165, 1.54) is 36.3 Å². The van der Waals surface area contributed by atoms with Gasteiger partial charge in [-0.25, -0.2) is 0 Å². The van der Waals surface area contributed by atoms with Crippen molar-refractivity contribution in [2.75, 3.05) is 36.4 Å². The Kier molecular flexibility index (Phi) is 3.43. The molecule has 2 atom stereocenters. The van der Waals surface area contributed by atoms with Gasteiger partial charge in [0.25, 0.3) is 0 Å². The number of hydrogen-bond donors (Lipinski definition) is 2. The first kappa shape index (κ1) is 14.8. The Morgan fingerprint density at radius 1 is 1.16 bits per heavy atom. The van der Waals surface area contributed by atoms with E-state index in [0.29, 0.717) is 11.5 Å². The molecule has 1 saturated heterocycles. The Morgan fingerprint density at radius 2 is 2.12 bits per heavy atom. The highest BCUT2D eigenvalue weighted by atomic mass is 15.2. The summed E-state index contributed by atoms with van der Waals surface area (Å²) < 4.78 is 0. The van der Waals surface area contributed by atoms with Crippen molar-refractivity contribution in [1.82, 2.24) is 5.32 Å². The van der Waals surface area contributed by atoms with Crippen LogP contribution in [0, 0.1) is 17.2 Å². The lowest BCUT2D eigenvalue weighted by Gasteiger charge is -2.42. The zero-order valence-corrected chi connectivity index (χ0v) is 14.3. The van der Waals surface area contributed by atoms with Crippen molar-refractivity contribution < 1.29 is 0 Å². The summed E-state index contributed by atoms with van der Waals surface area (Å²) in [4.78, 5) is 2.61. The third-order valence-electron chi connectivity index (χ3n) is 5.88. The van der Waals surface area contributed by atoms with Gasteiger partial charge in [-0.1, -0.05) is 6.07 Å². The van der Waals surface area contributed by atoms with Crippen molar-refractivity contribution in [1.29, 1.82) is 5.26 Å². The molecule has 2 N–H and O–H groups in total. The fourth-order valence-electron chi connectivity index (χ4n) is 4.81. The number of hydrogen-bond acceptors (Lipinski definition) is 4. The van der Waals surface area contributed by atoms with Crippen LogP contribution in [0.2, 0.25) is 0 Å². The van der Waals surface area contributed by atoms with E-state index in [-0.39, 0.29) is 0 Å². The van der Waals surface area contributed by atoms with Gasteiger partial charge in [0.05, 0.1) is 11.6 Å². The number of aryl methyl sites for hydroxylation is 1. The molecule has 4 nitrogen and oxygen atoms in total. The molecule has 2 unspecified atom stereocenters. The van der Waals surface area contributed by atoms with Crippen LogP contribution in [0.25, 0.3) is 0 Å².